The van der Waals surface area contributed by atoms with E-state index in [1.54, 1.807) is 0 Å². The Balaban J connectivity index is 4.20. The molecular weight excluding hydrogens is 144 g/mol. The summed E-state index contributed by atoms with van der Waals surface area (Å²) in [4.78, 5) is 0. The van der Waals surface area contributed by atoms with Crippen molar-refractivity contribution in [3.63, 3.8) is 0 Å². The summed E-state index contributed by atoms with van der Waals surface area (Å²) >= 11 is 7.94. The standard InChI is InChI=1S/C3H2N2OS2/c4-1-2(5-6)3(7)8/h6H,(H,7,8). The summed E-state index contributed by atoms with van der Waals surface area (Å²) in [6, 6.07) is 1.53. The predicted octanol–water partition coefficient (Wildman–Crippen LogP) is 0.597. The van der Waals surface area contributed by atoms with E-state index in [9.17, 15) is 0 Å². The van der Waals surface area contributed by atoms with Crippen LogP contribution in [-0.2, 0) is 0 Å². The lowest BCUT2D eigenvalue weighted by molar-refractivity contribution is 0.321. The molecule has 0 bridgehead atoms. The minimum atomic E-state index is -0.233. The van der Waals surface area contributed by atoms with Crippen LogP contribution in [0, 0.1) is 11.3 Å². The number of nitrogens with zero attached hydrogens (tertiary/aromatic N) is 2. The van der Waals surface area contributed by atoms with Crippen molar-refractivity contribution in [1.29, 1.82) is 5.26 Å². The van der Waals surface area contributed by atoms with Gasteiger partial charge in [0.15, 0.2) is 0 Å². The Morgan fingerprint density at radius 3 is 2.38 bits per heavy atom. The zero-order valence-electron chi connectivity index (χ0n) is 3.70. The molecule has 0 fully saturated rings. The smallest absolute Gasteiger partial charge is 0.203 e. The van der Waals surface area contributed by atoms with Crippen LogP contribution in [0.4, 0.5) is 0 Å². The highest BCUT2D eigenvalue weighted by molar-refractivity contribution is 8.13. The first-order chi connectivity index (χ1) is 3.72. The Bertz CT molecular complexity index is 169. The number of thiol groups is 1. The number of oxime groups is 1. The molecule has 0 aliphatic heterocycles. The van der Waals surface area contributed by atoms with Crippen molar-refractivity contribution < 1.29 is 5.21 Å². The van der Waals surface area contributed by atoms with Crippen molar-refractivity contribution in [2.45, 2.75) is 0 Å². The van der Waals surface area contributed by atoms with Gasteiger partial charge in [0.05, 0.1) is 0 Å². The van der Waals surface area contributed by atoms with Gasteiger partial charge in [-0.05, 0) is 0 Å². The molecule has 5 heteroatoms. The van der Waals surface area contributed by atoms with Gasteiger partial charge in [-0.15, -0.1) is 12.6 Å². The fraction of sp³-hybridized carbons (Fsp3) is 0. The molecule has 42 valence electrons. The fourth-order valence-electron chi connectivity index (χ4n) is 0.113. The molecule has 0 heterocycles. The molecule has 8 heavy (non-hydrogen) atoms. The molecule has 0 aromatic rings. The van der Waals surface area contributed by atoms with Gasteiger partial charge in [0, 0.05) is 0 Å². The molecular formula is C3H2N2OS2. The Labute approximate surface area is 57.0 Å². The van der Waals surface area contributed by atoms with Crippen LogP contribution in [0.15, 0.2) is 5.16 Å². The van der Waals surface area contributed by atoms with Gasteiger partial charge in [-0.25, -0.2) is 0 Å². The van der Waals surface area contributed by atoms with E-state index >= 15 is 0 Å². The summed E-state index contributed by atoms with van der Waals surface area (Å²) < 4.78 is -0.00463. The number of thiocarbonyl (C=S) groups is 1. The Kier molecular flexibility index (Phi) is 3.15. The summed E-state index contributed by atoms with van der Waals surface area (Å²) in [6.45, 7) is 0. The minimum Gasteiger partial charge on any atom is -0.410 e. The van der Waals surface area contributed by atoms with E-state index in [-0.39, 0.29) is 9.91 Å². The SMILES string of the molecule is N#CC(=NO)C(=S)S. The van der Waals surface area contributed by atoms with E-state index in [1.807, 2.05) is 0 Å². The first-order valence-corrected chi connectivity index (χ1v) is 2.43. The molecule has 0 unspecified atom stereocenters. The van der Waals surface area contributed by atoms with Crippen molar-refractivity contribution in [3.8, 4) is 6.07 Å². The van der Waals surface area contributed by atoms with E-state index < -0.39 is 0 Å². The van der Waals surface area contributed by atoms with Gasteiger partial charge >= 0.3 is 0 Å². The van der Waals surface area contributed by atoms with Gasteiger partial charge < -0.3 is 5.21 Å². The maximum absolute atomic E-state index is 8.02. The van der Waals surface area contributed by atoms with Crippen LogP contribution in [0.5, 0.6) is 0 Å². The molecule has 3 nitrogen and oxygen atoms in total. The fourth-order valence-corrected chi connectivity index (χ4v) is 0.294. The van der Waals surface area contributed by atoms with Crippen molar-refractivity contribution >= 4 is 34.8 Å². The zero-order valence-corrected chi connectivity index (χ0v) is 5.41. The molecule has 0 aromatic carbocycles. The Morgan fingerprint density at radius 2 is 2.38 bits per heavy atom. The molecule has 1 N–H and O–H groups in total. The van der Waals surface area contributed by atoms with E-state index in [0.29, 0.717) is 0 Å². The number of hydrogen-bond donors (Lipinski definition) is 2. The minimum absolute atomic E-state index is 0.00463. The zero-order chi connectivity index (χ0) is 6.57. The molecule has 0 aliphatic carbocycles. The van der Waals surface area contributed by atoms with Crippen LogP contribution in [0.1, 0.15) is 0 Å². The molecule has 0 aliphatic rings. The number of rotatable bonds is 1. The van der Waals surface area contributed by atoms with E-state index in [1.165, 1.54) is 6.07 Å². The largest absolute Gasteiger partial charge is 0.410 e. The van der Waals surface area contributed by atoms with Crippen molar-refractivity contribution in [2.75, 3.05) is 0 Å². The average Bonchev–Trinajstić information content (AvgIpc) is 1.69. The lowest BCUT2D eigenvalue weighted by Crippen LogP contribution is -2.00. The van der Waals surface area contributed by atoms with Crippen LogP contribution in [0.2, 0.25) is 0 Å². The Morgan fingerprint density at radius 1 is 1.88 bits per heavy atom. The topological polar surface area (TPSA) is 56.4 Å². The average molecular weight is 146 g/mol. The van der Waals surface area contributed by atoms with Gasteiger partial charge in [0.25, 0.3) is 0 Å². The lowest BCUT2D eigenvalue weighted by atomic mass is 10.5. The van der Waals surface area contributed by atoms with E-state index in [0.717, 1.165) is 0 Å². The maximum Gasteiger partial charge on any atom is 0.203 e. The second kappa shape index (κ2) is 3.41. The first kappa shape index (κ1) is 7.40. The monoisotopic (exact) mass is 146 g/mol. The summed E-state index contributed by atoms with van der Waals surface area (Å²) in [7, 11) is 0. The Hall–Kier alpha value is -0.600. The summed E-state index contributed by atoms with van der Waals surface area (Å²) in [5, 5.41) is 18.5. The highest BCUT2D eigenvalue weighted by Crippen LogP contribution is 1.86. The highest BCUT2D eigenvalue weighted by atomic mass is 32.1. The third-order valence-electron chi connectivity index (χ3n) is 0.408. The van der Waals surface area contributed by atoms with Gasteiger partial charge in [-0.3, -0.25) is 0 Å². The summed E-state index contributed by atoms with van der Waals surface area (Å²) in [5.74, 6) is 0. The van der Waals surface area contributed by atoms with E-state index in [2.05, 4.69) is 30.0 Å². The second-order valence-electron chi connectivity index (χ2n) is 0.866. The predicted molar refractivity (Wildman–Crippen MR) is 36.4 cm³/mol. The normalized spacial score (nSPS) is 10.2. The van der Waals surface area contributed by atoms with Crippen LogP contribution < -0.4 is 0 Å². The molecule has 0 aromatic heterocycles. The van der Waals surface area contributed by atoms with Crippen LogP contribution in [0.3, 0.4) is 0 Å². The molecule has 0 spiro atoms. The number of hydrogen-bond acceptors (Lipinski definition) is 4. The summed E-state index contributed by atoms with van der Waals surface area (Å²) in [5.41, 5.74) is -0.233. The van der Waals surface area contributed by atoms with Crippen molar-refractivity contribution in [3.05, 3.63) is 0 Å². The van der Waals surface area contributed by atoms with Crippen LogP contribution >= 0.6 is 24.8 Å². The third-order valence-corrected chi connectivity index (χ3v) is 0.814. The van der Waals surface area contributed by atoms with Gasteiger partial charge in [-0.1, -0.05) is 17.4 Å². The van der Waals surface area contributed by atoms with Crippen molar-refractivity contribution in [1.82, 2.24) is 0 Å². The molecule has 0 saturated carbocycles. The molecule has 0 saturated heterocycles. The van der Waals surface area contributed by atoms with Gasteiger partial charge in [0.2, 0.25) is 5.71 Å². The second-order valence-corrected chi connectivity index (χ2v) is 2.02. The van der Waals surface area contributed by atoms with Gasteiger partial charge in [0.1, 0.15) is 10.3 Å². The molecule has 0 rings (SSSR count). The van der Waals surface area contributed by atoms with Crippen molar-refractivity contribution in [2.24, 2.45) is 5.16 Å². The van der Waals surface area contributed by atoms with E-state index in [4.69, 9.17) is 10.5 Å². The van der Waals surface area contributed by atoms with Crippen LogP contribution in [0.25, 0.3) is 0 Å². The summed E-state index contributed by atoms with van der Waals surface area (Å²) in [6.07, 6.45) is 0. The van der Waals surface area contributed by atoms with Crippen LogP contribution in [-0.4, -0.2) is 15.1 Å². The number of nitriles is 1. The third kappa shape index (κ3) is 1.91. The lowest BCUT2D eigenvalue weighted by Gasteiger charge is -1.81. The quantitative estimate of drug-likeness (QED) is 0.187. The van der Waals surface area contributed by atoms with Gasteiger partial charge in [-0.2, -0.15) is 5.26 Å². The highest BCUT2D eigenvalue weighted by Gasteiger charge is 1.98. The first-order valence-electron chi connectivity index (χ1n) is 1.57. The molecule has 0 radical (unpaired) electrons. The maximum atomic E-state index is 8.02. The molecule has 0 atom stereocenters. The molecule has 0 amide bonds.